The summed E-state index contributed by atoms with van der Waals surface area (Å²) in [6.45, 7) is 4.71. The van der Waals surface area contributed by atoms with E-state index < -0.39 is 0 Å². The number of rotatable bonds is 5. The highest BCUT2D eigenvalue weighted by Crippen LogP contribution is 2.30. The number of piperidine rings is 1. The lowest BCUT2D eigenvalue weighted by Gasteiger charge is -2.32. The maximum Gasteiger partial charge on any atom is 0.261 e. The van der Waals surface area contributed by atoms with Crippen LogP contribution in [0.15, 0.2) is 30.3 Å². The topological polar surface area (TPSA) is 67.9 Å². The van der Waals surface area contributed by atoms with Crippen LogP contribution in [0.4, 0.5) is 0 Å². The van der Waals surface area contributed by atoms with E-state index in [1.165, 1.54) is 11.3 Å². The van der Waals surface area contributed by atoms with E-state index in [0.29, 0.717) is 39.1 Å². The Morgan fingerprint density at radius 1 is 1.10 bits per heavy atom. The number of ether oxygens (including phenoxy) is 2. The molecule has 160 valence electrons. The van der Waals surface area contributed by atoms with Crippen molar-refractivity contribution in [2.45, 2.75) is 45.1 Å². The van der Waals surface area contributed by atoms with Crippen molar-refractivity contribution in [2.24, 2.45) is 0 Å². The third-order valence-corrected chi connectivity index (χ3v) is 6.59. The minimum absolute atomic E-state index is 0.00714. The van der Waals surface area contributed by atoms with Crippen LogP contribution in [0.2, 0.25) is 0 Å². The summed E-state index contributed by atoms with van der Waals surface area (Å²) in [4.78, 5) is 28.8. The van der Waals surface area contributed by atoms with Crippen LogP contribution in [-0.2, 0) is 11.2 Å². The van der Waals surface area contributed by atoms with E-state index in [0.717, 1.165) is 46.1 Å². The van der Waals surface area contributed by atoms with Crippen LogP contribution in [0, 0.1) is 6.92 Å². The summed E-state index contributed by atoms with van der Waals surface area (Å²) >= 11 is 1.51. The van der Waals surface area contributed by atoms with Gasteiger partial charge in [0.15, 0.2) is 11.5 Å². The number of hydrogen-bond donors (Lipinski definition) is 1. The lowest BCUT2D eigenvalue weighted by molar-refractivity contribution is -0.132. The molecule has 2 amide bonds. The fraction of sp³-hybridized carbons (Fsp3) is 0.478. The van der Waals surface area contributed by atoms with Crippen LogP contribution >= 0.6 is 11.3 Å². The summed E-state index contributed by atoms with van der Waals surface area (Å²) in [5.74, 6) is 1.72. The summed E-state index contributed by atoms with van der Waals surface area (Å²) < 4.78 is 11.4. The first kappa shape index (κ1) is 20.7. The Bertz CT molecular complexity index is 902. The van der Waals surface area contributed by atoms with Gasteiger partial charge in [0.05, 0.1) is 18.1 Å². The highest BCUT2D eigenvalue weighted by atomic mass is 32.1. The van der Waals surface area contributed by atoms with Gasteiger partial charge in [-0.25, -0.2) is 0 Å². The van der Waals surface area contributed by atoms with Crippen LogP contribution in [0.5, 0.6) is 11.5 Å². The zero-order valence-electron chi connectivity index (χ0n) is 17.3. The number of nitrogens with one attached hydrogen (secondary N) is 1. The minimum atomic E-state index is -0.00714. The maximum absolute atomic E-state index is 12.7. The molecule has 2 aliphatic rings. The first-order valence-electron chi connectivity index (χ1n) is 10.6. The zero-order chi connectivity index (χ0) is 20.9. The molecule has 0 radical (unpaired) electrons. The second-order valence-corrected chi connectivity index (χ2v) is 9.16. The third kappa shape index (κ3) is 5.14. The van der Waals surface area contributed by atoms with Gasteiger partial charge < -0.3 is 19.7 Å². The molecule has 7 heteroatoms. The van der Waals surface area contributed by atoms with Gasteiger partial charge in [0.2, 0.25) is 5.91 Å². The second-order valence-electron chi connectivity index (χ2n) is 7.87. The average Bonchev–Trinajstić information content (AvgIpc) is 3.06. The molecule has 1 aromatic heterocycles. The molecule has 2 aromatic rings. The average molecular weight is 429 g/mol. The Hall–Kier alpha value is -2.54. The third-order valence-electron chi connectivity index (χ3n) is 5.59. The quantitative estimate of drug-likeness (QED) is 0.791. The van der Waals surface area contributed by atoms with Crippen LogP contribution < -0.4 is 14.8 Å². The molecule has 1 saturated heterocycles. The number of aryl methyl sites for hydroxylation is 2. The van der Waals surface area contributed by atoms with Gasteiger partial charge in [0.25, 0.3) is 5.91 Å². The second kappa shape index (κ2) is 9.51. The minimum Gasteiger partial charge on any atom is -0.490 e. The van der Waals surface area contributed by atoms with Crippen molar-refractivity contribution >= 4 is 23.2 Å². The standard InChI is InChI=1S/C23H28N2O4S/c1-16-3-7-21(30-16)23(27)24-18-9-11-25(12-10-18)22(26)8-5-17-4-6-19-20(15-17)29-14-2-13-28-19/h3-4,6-7,15,18H,2,5,8-14H2,1H3,(H,24,27). The number of amides is 2. The lowest BCUT2D eigenvalue weighted by Crippen LogP contribution is -2.46. The van der Waals surface area contributed by atoms with E-state index >= 15 is 0 Å². The molecule has 2 aliphatic heterocycles. The van der Waals surface area contributed by atoms with Crippen LogP contribution in [-0.4, -0.2) is 49.1 Å². The van der Waals surface area contributed by atoms with Gasteiger partial charge in [-0.1, -0.05) is 6.07 Å². The van der Waals surface area contributed by atoms with E-state index in [-0.39, 0.29) is 17.9 Å². The van der Waals surface area contributed by atoms with Crippen molar-refractivity contribution < 1.29 is 19.1 Å². The Morgan fingerprint density at radius 2 is 1.87 bits per heavy atom. The fourth-order valence-corrected chi connectivity index (χ4v) is 4.63. The number of hydrogen-bond acceptors (Lipinski definition) is 5. The predicted octanol–water partition coefficient (Wildman–Crippen LogP) is 3.57. The molecule has 1 fully saturated rings. The van der Waals surface area contributed by atoms with E-state index in [9.17, 15) is 9.59 Å². The van der Waals surface area contributed by atoms with Gasteiger partial charge in [-0.05, 0) is 56.0 Å². The normalized spacial score (nSPS) is 16.8. The Balaban J connectivity index is 1.23. The smallest absolute Gasteiger partial charge is 0.261 e. The monoisotopic (exact) mass is 428 g/mol. The fourth-order valence-electron chi connectivity index (χ4n) is 3.86. The summed E-state index contributed by atoms with van der Waals surface area (Å²) in [6, 6.07) is 9.89. The summed E-state index contributed by atoms with van der Waals surface area (Å²) in [5, 5.41) is 3.11. The molecular weight excluding hydrogens is 400 g/mol. The molecule has 1 aromatic carbocycles. The summed E-state index contributed by atoms with van der Waals surface area (Å²) in [5.41, 5.74) is 1.08. The van der Waals surface area contributed by atoms with Crippen LogP contribution in [0.1, 0.15) is 45.8 Å². The molecule has 0 unspecified atom stereocenters. The molecule has 30 heavy (non-hydrogen) atoms. The number of carbonyl (C=O) groups excluding carboxylic acids is 2. The van der Waals surface area contributed by atoms with Gasteiger partial charge in [0.1, 0.15) is 0 Å². The molecule has 4 rings (SSSR count). The van der Waals surface area contributed by atoms with Gasteiger partial charge in [-0.3, -0.25) is 9.59 Å². The SMILES string of the molecule is Cc1ccc(C(=O)NC2CCN(C(=O)CCc3ccc4c(c3)OCCCO4)CC2)s1. The molecule has 3 heterocycles. The number of nitrogens with zero attached hydrogens (tertiary/aromatic N) is 1. The molecule has 0 aliphatic carbocycles. The summed E-state index contributed by atoms with van der Waals surface area (Å²) in [6.07, 6.45) is 3.64. The van der Waals surface area contributed by atoms with Gasteiger partial charge in [-0.15, -0.1) is 11.3 Å². The van der Waals surface area contributed by atoms with Gasteiger partial charge >= 0.3 is 0 Å². The number of carbonyl (C=O) groups is 2. The Kier molecular flexibility index (Phi) is 6.57. The lowest BCUT2D eigenvalue weighted by atomic mass is 10.0. The van der Waals surface area contributed by atoms with Crippen molar-refractivity contribution in [3.63, 3.8) is 0 Å². The molecule has 0 bridgehead atoms. The molecule has 6 nitrogen and oxygen atoms in total. The number of benzene rings is 1. The van der Waals surface area contributed by atoms with Gasteiger partial charge in [0, 0.05) is 36.9 Å². The maximum atomic E-state index is 12.7. The first-order chi connectivity index (χ1) is 14.6. The van der Waals surface area contributed by atoms with Crippen molar-refractivity contribution in [3.8, 4) is 11.5 Å². The van der Waals surface area contributed by atoms with Gasteiger partial charge in [-0.2, -0.15) is 0 Å². The first-order valence-corrected chi connectivity index (χ1v) is 11.4. The molecule has 1 N–H and O–H groups in total. The molecule has 0 spiro atoms. The Labute approximate surface area is 181 Å². The zero-order valence-corrected chi connectivity index (χ0v) is 18.1. The summed E-state index contributed by atoms with van der Waals surface area (Å²) in [7, 11) is 0. The van der Waals surface area contributed by atoms with E-state index in [1.807, 2.05) is 42.2 Å². The van der Waals surface area contributed by atoms with E-state index in [4.69, 9.17) is 9.47 Å². The van der Waals surface area contributed by atoms with Crippen molar-refractivity contribution in [2.75, 3.05) is 26.3 Å². The van der Waals surface area contributed by atoms with Crippen molar-refractivity contribution in [3.05, 3.63) is 45.6 Å². The highest BCUT2D eigenvalue weighted by Gasteiger charge is 2.24. The number of thiophene rings is 1. The highest BCUT2D eigenvalue weighted by molar-refractivity contribution is 7.13. The largest absolute Gasteiger partial charge is 0.490 e. The number of likely N-dealkylation sites (tertiary alicyclic amines) is 1. The van der Waals surface area contributed by atoms with Crippen LogP contribution in [0.3, 0.4) is 0 Å². The van der Waals surface area contributed by atoms with E-state index in [2.05, 4.69) is 5.32 Å². The van der Waals surface area contributed by atoms with Crippen LogP contribution in [0.25, 0.3) is 0 Å². The van der Waals surface area contributed by atoms with E-state index in [1.54, 1.807) is 0 Å². The Morgan fingerprint density at radius 3 is 2.60 bits per heavy atom. The van der Waals surface area contributed by atoms with Crippen molar-refractivity contribution in [1.82, 2.24) is 10.2 Å². The van der Waals surface area contributed by atoms with Crippen molar-refractivity contribution in [1.29, 1.82) is 0 Å². The number of fused-ring (bicyclic) bond motifs is 1. The molecule has 0 atom stereocenters. The predicted molar refractivity (Wildman–Crippen MR) is 116 cm³/mol. The molecule has 0 saturated carbocycles. The molecular formula is C23H28N2O4S.